The standard InChI is InChI=1S/C69H77N9O14S2/c1-45-31-33-52(34-32-45)94(88,89)70-35-19-18-29-54-62(80)77-61(46(2)91-40-49-24-12-6-13-25-49)67(85)75-59(68(86)90-3)43-93-42-58(74-64(82)56(37-48-22-10-5-11-23-48)76-69(87)92-41-50-26-14-7-15-27-50)66(84)72-55(36-47-20-8-4-9-21-47)63(81)73-57(65(83)71-54)38-51-39-78(44-79)60-30-17-16-28-53(51)60/h4-17,20-28,30-34,39,44,46,54-59,61,70H,18-19,29,35-38,40-43H2,1-3H3,(H,71,83)(H,72,84)(H,73,81)(H,74,82)(H,75,85)(H,76,87)(H,77,80)/t46-,54+,55+,56-,57-,58+,59+,61-/m1/s1. The Labute approximate surface area is 549 Å². The number of benzene rings is 6. The van der Waals surface area contributed by atoms with Crippen LogP contribution in [0.2, 0.25) is 0 Å². The van der Waals surface area contributed by atoms with Crippen LogP contribution < -0.4 is 41.9 Å². The minimum absolute atomic E-state index is 0.0322. The van der Waals surface area contributed by atoms with Crippen LogP contribution in [0.4, 0.5) is 4.79 Å². The van der Waals surface area contributed by atoms with Crippen LogP contribution in [-0.4, -0.2) is 140 Å². The van der Waals surface area contributed by atoms with Gasteiger partial charge in [0.15, 0.2) is 0 Å². The molecule has 494 valence electrons. The van der Waals surface area contributed by atoms with Crippen LogP contribution in [0.3, 0.4) is 0 Å². The van der Waals surface area contributed by atoms with Crippen molar-refractivity contribution in [1.82, 2.24) is 46.5 Å². The second-order valence-corrected chi connectivity index (χ2v) is 25.4. The highest BCUT2D eigenvalue weighted by Crippen LogP contribution is 2.23. The number of rotatable bonds is 24. The number of amides is 7. The number of methoxy groups -OCH3 is 1. The summed E-state index contributed by atoms with van der Waals surface area (Å²) in [7, 11) is -2.85. The quantitative estimate of drug-likeness (QED) is 0.0227. The summed E-state index contributed by atoms with van der Waals surface area (Å²) in [6.07, 6.45) is -0.403. The van der Waals surface area contributed by atoms with Gasteiger partial charge in [0.1, 0.15) is 48.9 Å². The van der Waals surface area contributed by atoms with Gasteiger partial charge in [-0.25, -0.2) is 22.7 Å². The Morgan fingerprint density at radius 1 is 0.638 bits per heavy atom. The summed E-state index contributed by atoms with van der Waals surface area (Å²) in [4.78, 5) is 130. The van der Waals surface area contributed by atoms with Crippen molar-refractivity contribution in [3.63, 3.8) is 0 Å². The molecule has 1 aromatic heterocycles. The van der Waals surface area contributed by atoms with Crippen LogP contribution in [0, 0.1) is 6.92 Å². The maximum absolute atomic E-state index is 15.3. The van der Waals surface area contributed by atoms with Crippen molar-refractivity contribution < 1.29 is 65.8 Å². The summed E-state index contributed by atoms with van der Waals surface area (Å²) in [6, 6.07) is 37.9. The Bertz CT molecular complexity index is 3830. The third-order valence-electron chi connectivity index (χ3n) is 15.6. The molecule has 0 spiro atoms. The molecule has 2 heterocycles. The lowest BCUT2D eigenvalue weighted by atomic mass is 10.0. The van der Waals surface area contributed by atoms with Crippen molar-refractivity contribution in [2.75, 3.05) is 25.2 Å². The number of aromatic nitrogens is 1. The van der Waals surface area contributed by atoms with Crippen LogP contribution in [-0.2, 0) is 95.1 Å². The SMILES string of the molecule is COC(=O)[C@@H]1CSC[C@H](NC(=O)[C@@H](Cc2ccccc2)NC(=O)OCc2ccccc2)C(=O)N[C@@H](Cc2ccccc2)C(=O)N[C@H](Cc2cn(C=O)c3ccccc23)C(=O)N[C@@H](CCCCNS(=O)(=O)c2ccc(C)cc2)C(=O)N[C@H]([C@@H](C)OCc2ccccc2)C(=O)N1. The molecule has 0 bridgehead atoms. The highest BCUT2D eigenvalue weighted by atomic mass is 32.2. The zero-order valence-corrected chi connectivity index (χ0v) is 53.8. The molecule has 1 aliphatic rings. The number of nitrogens with one attached hydrogen (secondary N) is 8. The van der Waals surface area contributed by atoms with E-state index in [9.17, 15) is 32.4 Å². The van der Waals surface area contributed by atoms with E-state index in [0.717, 1.165) is 30.0 Å². The van der Waals surface area contributed by atoms with E-state index in [2.05, 4.69) is 41.9 Å². The number of esters is 1. The lowest BCUT2D eigenvalue weighted by Gasteiger charge is -2.29. The number of nitrogens with zero attached hydrogens (tertiary/aromatic N) is 1. The topological polar surface area (TPSA) is 317 Å². The number of hydrogen-bond acceptors (Lipinski definition) is 15. The molecule has 0 unspecified atom stereocenters. The maximum atomic E-state index is 15.3. The van der Waals surface area contributed by atoms with Crippen LogP contribution >= 0.6 is 11.8 Å². The predicted octanol–water partition coefficient (Wildman–Crippen LogP) is 4.89. The molecule has 23 nitrogen and oxygen atoms in total. The van der Waals surface area contributed by atoms with Crippen molar-refractivity contribution in [2.24, 2.45) is 0 Å². The first-order valence-electron chi connectivity index (χ1n) is 30.7. The van der Waals surface area contributed by atoms with E-state index in [1.165, 1.54) is 29.8 Å². The molecule has 94 heavy (non-hydrogen) atoms. The number of unbranched alkanes of at least 4 members (excludes halogenated alkanes) is 1. The Morgan fingerprint density at radius 2 is 1.20 bits per heavy atom. The van der Waals surface area contributed by atoms with Crippen molar-refractivity contribution in [2.45, 2.75) is 119 Å². The number of carbonyl (C=O) groups excluding carboxylic acids is 9. The van der Waals surface area contributed by atoms with E-state index < -0.39 is 106 Å². The van der Waals surface area contributed by atoms with Gasteiger partial charge in [-0.1, -0.05) is 157 Å². The number of para-hydroxylation sites is 1. The van der Waals surface area contributed by atoms with E-state index in [1.54, 1.807) is 152 Å². The van der Waals surface area contributed by atoms with Crippen molar-refractivity contribution >= 4 is 86.6 Å². The number of aryl methyl sites for hydroxylation is 1. The van der Waals surface area contributed by atoms with E-state index in [4.69, 9.17) is 14.2 Å². The molecular weight excluding hydrogens is 1240 g/mol. The fraction of sp³-hybridized carbons (Fsp3) is 0.319. The largest absolute Gasteiger partial charge is 0.467 e. The minimum Gasteiger partial charge on any atom is -0.467 e. The number of sulfonamides is 1. The second-order valence-electron chi connectivity index (χ2n) is 22.6. The highest BCUT2D eigenvalue weighted by Gasteiger charge is 2.38. The number of alkyl carbamates (subject to hydrolysis) is 1. The molecule has 8 N–H and O–H groups in total. The number of ether oxygens (including phenoxy) is 3. The molecule has 8 rings (SSSR count). The minimum atomic E-state index is -3.95. The molecular formula is C69H77N9O14S2. The summed E-state index contributed by atoms with van der Waals surface area (Å²) >= 11 is 0.941. The van der Waals surface area contributed by atoms with Gasteiger partial charge in [-0.05, 0) is 79.1 Å². The molecule has 0 radical (unpaired) electrons. The Kier molecular flexibility index (Phi) is 26.0. The molecule has 0 saturated carbocycles. The monoisotopic (exact) mass is 1320 g/mol. The van der Waals surface area contributed by atoms with Crippen molar-refractivity contribution in [3.8, 4) is 0 Å². The number of thioether (sulfide) groups is 1. The molecule has 7 amide bonds. The van der Waals surface area contributed by atoms with Gasteiger partial charge in [0.2, 0.25) is 51.9 Å². The van der Waals surface area contributed by atoms with Gasteiger partial charge in [-0.15, -0.1) is 0 Å². The summed E-state index contributed by atoms with van der Waals surface area (Å²) in [5.74, 6) is -6.91. The van der Waals surface area contributed by atoms with Gasteiger partial charge >= 0.3 is 12.1 Å². The van der Waals surface area contributed by atoms with Gasteiger partial charge in [-0.3, -0.25) is 38.1 Å². The average molecular weight is 1320 g/mol. The van der Waals surface area contributed by atoms with Crippen molar-refractivity contribution in [1.29, 1.82) is 0 Å². The molecule has 25 heteroatoms. The van der Waals surface area contributed by atoms with Gasteiger partial charge in [0.05, 0.1) is 30.2 Å². The summed E-state index contributed by atoms with van der Waals surface area (Å²) in [5.41, 5.74) is 4.37. The number of carbonyl (C=O) groups is 9. The first kappa shape index (κ1) is 70.2. The van der Waals surface area contributed by atoms with E-state index in [0.29, 0.717) is 39.6 Å². The van der Waals surface area contributed by atoms with Gasteiger partial charge in [0.25, 0.3) is 0 Å². The zero-order valence-electron chi connectivity index (χ0n) is 52.2. The normalized spacial score (nSPS) is 19.2. The van der Waals surface area contributed by atoms with Crippen LogP contribution in [0.15, 0.2) is 181 Å². The first-order valence-corrected chi connectivity index (χ1v) is 33.3. The Morgan fingerprint density at radius 3 is 1.84 bits per heavy atom. The molecule has 1 aliphatic heterocycles. The third kappa shape index (κ3) is 20.7. The average Bonchev–Trinajstić information content (AvgIpc) is 1.65. The number of hydrogen-bond donors (Lipinski definition) is 8. The summed E-state index contributed by atoms with van der Waals surface area (Å²) in [5, 5.41) is 19.8. The molecule has 0 aliphatic carbocycles. The smallest absolute Gasteiger partial charge is 0.408 e. The number of fused-ring (bicyclic) bond motifs is 1. The van der Waals surface area contributed by atoms with Crippen molar-refractivity contribution in [3.05, 3.63) is 209 Å². The molecule has 6 aromatic carbocycles. The van der Waals surface area contributed by atoms with Gasteiger partial charge < -0.3 is 51.4 Å². The van der Waals surface area contributed by atoms with E-state index in [-0.39, 0.29) is 74.7 Å². The van der Waals surface area contributed by atoms with Gasteiger partial charge in [0, 0.05) is 48.9 Å². The van der Waals surface area contributed by atoms with Crippen LogP contribution in [0.25, 0.3) is 10.9 Å². The molecule has 1 fully saturated rings. The van der Waals surface area contributed by atoms with Crippen LogP contribution in [0.1, 0.15) is 59.6 Å². The summed E-state index contributed by atoms with van der Waals surface area (Å²) < 4.78 is 47.4. The van der Waals surface area contributed by atoms with Gasteiger partial charge in [-0.2, -0.15) is 11.8 Å². The van der Waals surface area contributed by atoms with Crippen LogP contribution in [0.5, 0.6) is 0 Å². The summed E-state index contributed by atoms with van der Waals surface area (Å²) in [6.45, 7) is 3.12. The molecule has 7 aromatic rings. The fourth-order valence-electron chi connectivity index (χ4n) is 10.4. The molecule has 1 saturated heterocycles. The second kappa shape index (κ2) is 34.8. The fourth-order valence-corrected chi connectivity index (χ4v) is 12.6. The lowest BCUT2D eigenvalue weighted by Crippen LogP contribution is -2.61. The third-order valence-corrected chi connectivity index (χ3v) is 18.2. The predicted molar refractivity (Wildman–Crippen MR) is 353 cm³/mol. The zero-order chi connectivity index (χ0) is 67.0. The Hall–Kier alpha value is -9.69. The maximum Gasteiger partial charge on any atom is 0.408 e. The first-order chi connectivity index (χ1) is 45.4. The lowest BCUT2D eigenvalue weighted by molar-refractivity contribution is -0.145. The van der Waals surface area contributed by atoms with E-state index in [1.807, 2.05) is 13.0 Å². The Balaban J connectivity index is 1.17. The van der Waals surface area contributed by atoms with E-state index >= 15 is 19.2 Å². The highest BCUT2D eigenvalue weighted by molar-refractivity contribution is 7.99. The molecule has 8 atom stereocenters.